The number of β-lactam (4-membered cyclic amide) rings is 1. The highest BCUT2D eigenvalue weighted by Gasteiger charge is 2.52. The molecule has 3 rings (SSSR count). The number of carbonyl (C=O) groups excluding carboxylic acids is 2. The van der Waals surface area contributed by atoms with E-state index in [0.717, 1.165) is 0 Å². The first-order valence-electron chi connectivity index (χ1n) is 6.22. The molecule has 0 aliphatic carbocycles. The number of nitro groups is 1. The Balaban J connectivity index is 1.59. The molecule has 2 aliphatic rings. The van der Waals surface area contributed by atoms with Gasteiger partial charge in [0.05, 0.1) is 4.92 Å². The van der Waals surface area contributed by atoms with Crippen LogP contribution in [0.2, 0.25) is 0 Å². The Kier molecular flexibility index (Phi) is 3.92. The molecule has 0 radical (unpaired) electrons. The van der Waals surface area contributed by atoms with E-state index < -0.39 is 10.9 Å². The lowest BCUT2D eigenvalue weighted by molar-refractivity contribution is -0.384. The van der Waals surface area contributed by atoms with Gasteiger partial charge >= 0.3 is 5.97 Å². The van der Waals surface area contributed by atoms with Crippen molar-refractivity contribution < 1.29 is 19.2 Å². The summed E-state index contributed by atoms with van der Waals surface area (Å²) < 4.78 is 5.15. The number of hydrogen-bond acceptors (Lipinski definition) is 6. The van der Waals surface area contributed by atoms with Crippen LogP contribution in [0.1, 0.15) is 5.56 Å². The summed E-state index contributed by atoms with van der Waals surface area (Å²) in [6, 6.07) is 5.74. The van der Waals surface area contributed by atoms with Crippen LogP contribution < -0.4 is 0 Å². The zero-order chi connectivity index (χ0) is 15.9. The second kappa shape index (κ2) is 5.73. The second-order valence-corrected chi connectivity index (χ2v) is 6.62. The number of rotatable bonds is 4. The fourth-order valence-corrected chi connectivity index (χ4v) is 3.99. The topological polar surface area (TPSA) is 89.7 Å². The van der Waals surface area contributed by atoms with E-state index in [4.69, 9.17) is 4.74 Å². The van der Waals surface area contributed by atoms with Crippen molar-refractivity contribution in [1.29, 1.82) is 0 Å². The van der Waals surface area contributed by atoms with Gasteiger partial charge in [-0.15, -0.1) is 11.8 Å². The quantitative estimate of drug-likeness (QED) is 0.259. The van der Waals surface area contributed by atoms with Gasteiger partial charge in [0, 0.05) is 17.5 Å². The van der Waals surface area contributed by atoms with Gasteiger partial charge < -0.3 is 4.74 Å². The average molecular weight is 385 g/mol. The zero-order valence-corrected chi connectivity index (χ0v) is 13.4. The number of benzene rings is 1. The van der Waals surface area contributed by atoms with Crippen LogP contribution >= 0.6 is 27.7 Å². The maximum absolute atomic E-state index is 12.0. The molecule has 2 atom stereocenters. The molecule has 0 bridgehead atoms. The van der Waals surface area contributed by atoms with Gasteiger partial charge in [-0.25, -0.2) is 4.79 Å². The number of thioether (sulfide) groups is 1. The summed E-state index contributed by atoms with van der Waals surface area (Å²) in [5, 5.41) is 12.1. The number of fused-ring (bicyclic) bond motifs is 1. The molecule has 0 spiro atoms. The van der Waals surface area contributed by atoms with Crippen molar-refractivity contribution in [1.82, 2.24) is 4.90 Å². The van der Waals surface area contributed by atoms with Crippen LogP contribution in [0.4, 0.5) is 5.69 Å². The molecule has 2 heterocycles. The predicted octanol–water partition coefficient (Wildman–Crippen LogP) is 2.16. The molecule has 1 amide bonds. The summed E-state index contributed by atoms with van der Waals surface area (Å²) in [5.74, 6) is -0.741. The van der Waals surface area contributed by atoms with E-state index in [2.05, 4.69) is 15.9 Å². The molecule has 1 aromatic rings. The number of carbonyl (C=O) groups is 2. The van der Waals surface area contributed by atoms with Crippen LogP contribution in [0, 0.1) is 10.1 Å². The third kappa shape index (κ3) is 2.50. The van der Waals surface area contributed by atoms with Crippen LogP contribution in [0.3, 0.4) is 0 Å². The van der Waals surface area contributed by atoms with Gasteiger partial charge in [0.2, 0.25) is 5.91 Å². The van der Waals surface area contributed by atoms with Crippen LogP contribution in [0.5, 0.6) is 0 Å². The molecule has 0 saturated carbocycles. The van der Waals surface area contributed by atoms with Crippen LogP contribution in [-0.4, -0.2) is 31.9 Å². The lowest BCUT2D eigenvalue weighted by atomic mass is 10.2. The molecule has 114 valence electrons. The standard InChI is InChI=1S/C13H9BrN2O5S/c14-10-11(17)15-9(6-22-12(10)15)13(18)21-5-7-1-3-8(4-2-7)16(19)20/h1-4,6,10,12H,5H2/t10?,12-/m1/s1. The van der Waals surface area contributed by atoms with Gasteiger partial charge in [-0.1, -0.05) is 15.9 Å². The van der Waals surface area contributed by atoms with Crippen molar-refractivity contribution in [3.63, 3.8) is 0 Å². The molecule has 9 heteroatoms. The highest BCUT2D eigenvalue weighted by atomic mass is 79.9. The molecular weight excluding hydrogens is 376 g/mol. The summed E-state index contributed by atoms with van der Waals surface area (Å²) in [5.41, 5.74) is 0.843. The van der Waals surface area contributed by atoms with Crippen molar-refractivity contribution in [2.24, 2.45) is 0 Å². The second-order valence-electron chi connectivity index (χ2n) is 4.64. The Morgan fingerprint density at radius 3 is 2.73 bits per heavy atom. The van der Waals surface area contributed by atoms with E-state index in [0.29, 0.717) is 5.56 Å². The number of hydrogen-bond donors (Lipinski definition) is 0. The average Bonchev–Trinajstić information content (AvgIpc) is 2.93. The summed E-state index contributed by atoms with van der Waals surface area (Å²) in [6.07, 6.45) is 0. The monoisotopic (exact) mass is 384 g/mol. The fraction of sp³-hybridized carbons (Fsp3) is 0.231. The highest BCUT2D eigenvalue weighted by Crippen LogP contribution is 2.44. The molecule has 1 unspecified atom stereocenters. The molecule has 1 aromatic carbocycles. The molecule has 0 aromatic heterocycles. The third-order valence-corrected chi connectivity index (χ3v) is 5.65. The van der Waals surface area contributed by atoms with Gasteiger partial charge in [-0.05, 0) is 17.7 Å². The number of esters is 1. The maximum Gasteiger partial charge on any atom is 0.355 e. The minimum absolute atomic E-state index is 0.0106. The van der Waals surface area contributed by atoms with E-state index in [1.54, 1.807) is 5.41 Å². The van der Waals surface area contributed by atoms with E-state index in [-0.39, 0.29) is 34.1 Å². The van der Waals surface area contributed by atoms with Crippen molar-refractivity contribution in [3.05, 3.63) is 51.0 Å². The van der Waals surface area contributed by atoms with E-state index >= 15 is 0 Å². The fourth-order valence-electron chi connectivity index (χ4n) is 2.09. The first kappa shape index (κ1) is 15.0. The zero-order valence-electron chi connectivity index (χ0n) is 11.0. The molecule has 0 N–H and O–H groups in total. The van der Waals surface area contributed by atoms with Gasteiger partial charge in [-0.2, -0.15) is 0 Å². The maximum atomic E-state index is 12.0. The number of amides is 1. The Morgan fingerprint density at radius 2 is 2.09 bits per heavy atom. The van der Waals surface area contributed by atoms with Crippen molar-refractivity contribution in [2.75, 3.05) is 0 Å². The Labute approximate surface area is 137 Å². The molecule has 1 fully saturated rings. The van der Waals surface area contributed by atoms with Gasteiger partial charge in [0.25, 0.3) is 5.69 Å². The lowest BCUT2D eigenvalue weighted by Gasteiger charge is -2.39. The molecule has 22 heavy (non-hydrogen) atoms. The van der Waals surface area contributed by atoms with Gasteiger partial charge in [0.1, 0.15) is 22.5 Å². The highest BCUT2D eigenvalue weighted by molar-refractivity contribution is 9.10. The lowest BCUT2D eigenvalue weighted by Crippen LogP contribution is -2.58. The van der Waals surface area contributed by atoms with Crippen molar-refractivity contribution in [3.8, 4) is 0 Å². The number of alkyl halides is 1. The Bertz CT molecular complexity index is 690. The minimum Gasteiger partial charge on any atom is -0.456 e. The van der Waals surface area contributed by atoms with Crippen molar-refractivity contribution in [2.45, 2.75) is 16.8 Å². The largest absolute Gasteiger partial charge is 0.456 e. The van der Waals surface area contributed by atoms with Crippen LogP contribution in [-0.2, 0) is 20.9 Å². The summed E-state index contributed by atoms with van der Waals surface area (Å²) in [6.45, 7) is -0.0106. The predicted molar refractivity (Wildman–Crippen MR) is 81.9 cm³/mol. The van der Waals surface area contributed by atoms with Gasteiger partial charge in [0.15, 0.2) is 0 Å². The number of ether oxygens (including phenoxy) is 1. The SMILES string of the molecule is O=C(OCc1ccc([N+](=O)[O-])cc1)C1=CS[C@@H]2C(Br)C(=O)N12. The summed E-state index contributed by atoms with van der Waals surface area (Å²) in [4.78, 5) is 34.9. The minimum atomic E-state index is -0.582. The Morgan fingerprint density at radius 1 is 1.41 bits per heavy atom. The van der Waals surface area contributed by atoms with E-state index in [1.165, 1.54) is 40.9 Å². The normalized spacial score (nSPS) is 22.7. The number of non-ortho nitro benzene ring substituents is 1. The summed E-state index contributed by atoms with van der Waals surface area (Å²) >= 11 is 4.64. The first-order valence-corrected chi connectivity index (χ1v) is 8.08. The van der Waals surface area contributed by atoms with Crippen LogP contribution in [0.15, 0.2) is 35.4 Å². The smallest absolute Gasteiger partial charge is 0.355 e. The molecular formula is C13H9BrN2O5S. The first-order chi connectivity index (χ1) is 10.5. The molecule has 7 nitrogen and oxygen atoms in total. The number of nitrogens with zero attached hydrogens (tertiary/aromatic N) is 2. The molecule has 1 saturated heterocycles. The summed E-state index contributed by atoms with van der Waals surface area (Å²) in [7, 11) is 0. The Hall–Kier alpha value is -1.87. The van der Waals surface area contributed by atoms with Gasteiger partial charge in [-0.3, -0.25) is 19.8 Å². The van der Waals surface area contributed by atoms with E-state index in [9.17, 15) is 19.7 Å². The van der Waals surface area contributed by atoms with Crippen molar-refractivity contribution >= 4 is 45.3 Å². The van der Waals surface area contributed by atoms with E-state index in [1.807, 2.05) is 0 Å². The third-order valence-electron chi connectivity index (χ3n) is 3.28. The number of nitro benzene ring substituents is 1. The molecule has 2 aliphatic heterocycles. The number of halogens is 1. The van der Waals surface area contributed by atoms with Crippen LogP contribution in [0.25, 0.3) is 0 Å².